The number of nitrogens with zero attached hydrogens (tertiary/aromatic N) is 1. The van der Waals surface area contributed by atoms with E-state index in [1.807, 2.05) is 25.1 Å². The molecule has 0 fully saturated rings. The summed E-state index contributed by atoms with van der Waals surface area (Å²) in [6.07, 6.45) is 0.677. The van der Waals surface area contributed by atoms with E-state index in [9.17, 15) is 9.18 Å². The molecule has 0 aliphatic heterocycles. The van der Waals surface area contributed by atoms with Crippen LogP contribution in [0.25, 0.3) is 0 Å². The van der Waals surface area contributed by atoms with Gasteiger partial charge < -0.3 is 14.4 Å². The molecule has 0 radical (unpaired) electrons. The molecule has 0 saturated carbocycles. The maximum absolute atomic E-state index is 13.7. The number of halogens is 1. The minimum absolute atomic E-state index is 0.000498. The van der Waals surface area contributed by atoms with Crippen molar-refractivity contribution in [3.8, 4) is 11.5 Å². The van der Waals surface area contributed by atoms with E-state index in [0.29, 0.717) is 36.6 Å². The Morgan fingerprint density at radius 3 is 2.44 bits per heavy atom. The van der Waals surface area contributed by atoms with Crippen LogP contribution in [-0.4, -0.2) is 31.6 Å². The highest BCUT2D eigenvalue weighted by Gasteiger charge is 2.14. The van der Waals surface area contributed by atoms with E-state index >= 15 is 0 Å². The highest BCUT2D eigenvalue weighted by Crippen LogP contribution is 2.28. The molecule has 4 nitrogen and oxygen atoms in total. The van der Waals surface area contributed by atoms with Crippen LogP contribution in [0.15, 0.2) is 42.5 Å². The number of ether oxygens (including phenoxy) is 2. The molecule has 134 valence electrons. The summed E-state index contributed by atoms with van der Waals surface area (Å²) >= 11 is 0. The molecule has 0 N–H and O–H groups in total. The largest absolute Gasteiger partial charge is 0.493 e. The van der Waals surface area contributed by atoms with Crippen LogP contribution >= 0.6 is 0 Å². The van der Waals surface area contributed by atoms with Crippen molar-refractivity contribution < 1.29 is 18.7 Å². The number of hydrogen-bond acceptors (Lipinski definition) is 3. The smallest absolute Gasteiger partial charge is 0.223 e. The number of benzene rings is 2. The Morgan fingerprint density at radius 1 is 1.08 bits per heavy atom. The summed E-state index contributed by atoms with van der Waals surface area (Å²) in [7, 11) is 3.17. The number of methoxy groups -OCH3 is 2. The quantitative estimate of drug-likeness (QED) is 0.730. The second-order valence-electron chi connectivity index (χ2n) is 5.69. The van der Waals surface area contributed by atoms with Gasteiger partial charge in [-0.1, -0.05) is 24.3 Å². The molecule has 0 heterocycles. The predicted molar refractivity (Wildman–Crippen MR) is 95.4 cm³/mol. The second kappa shape index (κ2) is 9.06. The van der Waals surface area contributed by atoms with Crippen LogP contribution < -0.4 is 9.47 Å². The maximum Gasteiger partial charge on any atom is 0.223 e. The number of amides is 1. The number of hydrogen-bond donors (Lipinski definition) is 0. The van der Waals surface area contributed by atoms with Crippen LogP contribution in [-0.2, 0) is 17.8 Å². The SMILES string of the molecule is CCN(Cc1ccc(OC)c(OC)c1)C(=O)CCc1ccccc1F. The number of aryl methyl sites for hydroxylation is 1. The van der Waals surface area contributed by atoms with E-state index in [1.54, 1.807) is 37.3 Å². The van der Waals surface area contributed by atoms with Crippen LogP contribution in [0, 0.1) is 5.82 Å². The van der Waals surface area contributed by atoms with Gasteiger partial charge in [-0.3, -0.25) is 4.79 Å². The third-order valence-corrected chi connectivity index (χ3v) is 4.12. The molecule has 2 aromatic carbocycles. The zero-order valence-corrected chi connectivity index (χ0v) is 14.9. The summed E-state index contributed by atoms with van der Waals surface area (Å²) < 4.78 is 24.2. The lowest BCUT2D eigenvalue weighted by molar-refractivity contribution is -0.131. The van der Waals surface area contributed by atoms with Gasteiger partial charge in [-0.25, -0.2) is 4.39 Å². The number of carbonyl (C=O) groups excluding carboxylic acids is 1. The molecule has 0 atom stereocenters. The molecule has 0 bridgehead atoms. The van der Waals surface area contributed by atoms with Gasteiger partial charge in [-0.2, -0.15) is 0 Å². The summed E-state index contributed by atoms with van der Waals surface area (Å²) in [5, 5.41) is 0. The van der Waals surface area contributed by atoms with E-state index in [-0.39, 0.29) is 18.1 Å². The monoisotopic (exact) mass is 345 g/mol. The average molecular weight is 345 g/mol. The van der Waals surface area contributed by atoms with Crippen molar-refractivity contribution in [1.29, 1.82) is 0 Å². The first-order valence-corrected chi connectivity index (χ1v) is 8.31. The summed E-state index contributed by atoms with van der Waals surface area (Å²) in [5.74, 6) is 1.02. The van der Waals surface area contributed by atoms with Gasteiger partial charge in [-0.15, -0.1) is 0 Å². The first-order chi connectivity index (χ1) is 12.1. The van der Waals surface area contributed by atoms with Gasteiger partial charge in [-0.05, 0) is 42.7 Å². The molecule has 0 unspecified atom stereocenters. The molecular formula is C20H24FNO3. The second-order valence-corrected chi connectivity index (χ2v) is 5.69. The Hall–Kier alpha value is -2.56. The fourth-order valence-corrected chi connectivity index (χ4v) is 2.68. The molecule has 0 aliphatic carbocycles. The number of carbonyl (C=O) groups is 1. The fourth-order valence-electron chi connectivity index (χ4n) is 2.68. The standard InChI is InChI=1S/C20H24FNO3/c1-4-22(14-15-9-11-18(24-2)19(13-15)25-3)20(23)12-10-16-7-5-6-8-17(16)21/h5-9,11,13H,4,10,12,14H2,1-3H3. The van der Waals surface area contributed by atoms with Crippen LogP contribution in [0.5, 0.6) is 11.5 Å². The highest BCUT2D eigenvalue weighted by molar-refractivity contribution is 5.76. The Morgan fingerprint density at radius 2 is 1.80 bits per heavy atom. The predicted octanol–water partition coefficient (Wildman–Crippen LogP) is 3.82. The van der Waals surface area contributed by atoms with Crippen LogP contribution in [0.4, 0.5) is 4.39 Å². The van der Waals surface area contributed by atoms with Crippen LogP contribution in [0.3, 0.4) is 0 Å². The van der Waals surface area contributed by atoms with Crippen molar-refractivity contribution in [3.63, 3.8) is 0 Å². The first-order valence-electron chi connectivity index (χ1n) is 8.31. The van der Waals surface area contributed by atoms with E-state index in [1.165, 1.54) is 6.07 Å². The van der Waals surface area contributed by atoms with Gasteiger partial charge in [0.1, 0.15) is 5.82 Å². The molecule has 2 aromatic rings. The zero-order chi connectivity index (χ0) is 18.2. The van der Waals surface area contributed by atoms with Gasteiger partial charge in [0.05, 0.1) is 14.2 Å². The third kappa shape index (κ3) is 4.95. The molecule has 0 saturated heterocycles. The van der Waals surface area contributed by atoms with Gasteiger partial charge in [0, 0.05) is 19.5 Å². The highest BCUT2D eigenvalue weighted by atomic mass is 19.1. The molecule has 0 aliphatic rings. The lowest BCUT2D eigenvalue weighted by atomic mass is 10.1. The van der Waals surface area contributed by atoms with E-state index < -0.39 is 0 Å². The van der Waals surface area contributed by atoms with Crippen LogP contribution in [0.1, 0.15) is 24.5 Å². The molecule has 0 spiro atoms. The van der Waals surface area contributed by atoms with Gasteiger partial charge in [0.25, 0.3) is 0 Å². The minimum Gasteiger partial charge on any atom is -0.493 e. The Balaban J connectivity index is 2.01. The van der Waals surface area contributed by atoms with Crippen molar-refractivity contribution in [3.05, 3.63) is 59.4 Å². The van der Waals surface area contributed by atoms with E-state index in [0.717, 1.165) is 5.56 Å². The third-order valence-electron chi connectivity index (χ3n) is 4.12. The topological polar surface area (TPSA) is 38.8 Å². The van der Waals surface area contributed by atoms with Crippen molar-refractivity contribution in [2.75, 3.05) is 20.8 Å². The Bertz CT molecular complexity index is 718. The van der Waals surface area contributed by atoms with Crippen molar-refractivity contribution in [2.24, 2.45) is 0 Å². The minimum atomic E-state index is -0.266. The summed E-state index contributed by atoms with van der Waals surface area (Å²) in [6.45, 7) is 3.00. The molecule has 1 amide bonds. The lowest BCUT2D eigenvalue weighted by Crippen LogP contribution is -2.30. The first kappa shape index (κ1) is 18.8. The molecule has 2 rings (SSSR count). The summed E-state index contributed by atoms with van der Waals surface area (Å²) in [4.78, 5) is 14.2. The molecule has 25 heavy (non-hydrogen) atoms. The van der Waals surface area contributed by atoms with Gasteiger partial charge in [0.2, 0.25) is 5.91 Å². The summed E-state index contributed by atoms with van der Waals surface area (Å²) in [5.41, 5.74) is 1.52. The Kier molecular flexibility index (Phi) is 6.81. The van der Waals surface area contributed by atoms with Crippen molar-refractivity contribution >= 4 is 5.91 Å². The van der Waals surface area contributed by atoms with Gasteiger partial charge in [0.15, 0.2) is 11.5 Å². The van der Waals surface area contributed by atoms with Crippen molar-refractivity contribution in [1.82, 2.24) is 4.90 Å². The zero-order valence-electron chi connectivity index (χ0n) is 14.9. The fraction of sp³-hybridized carbons (Fsp3) is 0.350. The van der Waals surface area contributed by atoms with Crippen LogP contribution in [0.2, 0.25) is 0 Å². The van der Waals surface area contributed by atoms with Crippen molar-refractivity contribution in [2.45, 2.75) is 26.3 Å². The lowest BCUT2D eigenvalue weighted by Gasteiger charge is -2.22. The average Bonchev–Trinajstić information content (AvgIpc) is 2.64. The van der Waals surface area contributed by atoms with Gasteiger partial charge >= 0.3 is 0 Å². The van der Waals surface area contributed by atoms with E-state index in [2.05, 4.69) is 0 Å². The number of rotatable bonds is 8. The Labute approximate surface area is 148 Å². The summed E-state index contributed by atoms with van der Waals surface area (Å²) in [6, 6.07) is 12.2. The molecular weight excluding hydrogens is 321 g/mol. The maximum atomic E-state index is 13.7. The normalized spacial score (nSPS) is 10.4. The molecule has 5 heteroatoms. The van der Waals surface area contributed by atoms with E-state index in [4.69, 9.17) is 9.47 Å². The molecule has 0 aromatic heterocycles.